The highest BCUT2D eigenvalue weighted by atomic mass is 16.3. The number of carbonyl (C=O) groups excluding carboxylic acids is 2. The third-order valence-corrected chi connectivity index (χ3v) is 6.19. The SMILES string of the molecule is Cc1nn2c(=O)c(C(=O)NC3CC3)c(O)n(CC(C)C)c2c1/C=C/C(=O)N1CCc2cncnc21. The number of amides is 2. The summed E-state index contributed by atoms with van der Waals surface area (Å²) in [6, 6.07) is 0.0281. The number of rotatable bonds is 6. The number of aryl methyl sites for hydroxylation is 1. The normalized spacial score (nSPS) is 15.4. The number of hydrogen-bond donors (Lipinski definition) is 2. The Kier molecular flexibility index (Phi) is 5.62. The van der Waals surface area contributed by atoms with Gasteiger partial charge in [-0.2, -0.15) is 9.61 Å². The van der Waals surface area contributed by atoms with Gasteiger partial charge in [0.1, 0.15) is 17.8 Å². The molecule has 11 heteroatoms. The van der Waals surface area contributed by atoms with Gasteiger partial charge in [0, 0.05) is 42.5 Å². The van der Waals surface area contributed by atoms with Gasteiger partial charge in [-0.1, -0.05) is 13.8 Å². The molecule has 1 fully saturated rings. The van der Waals surface area contributed by atoms with E-state index in [1.165, 1.54) is 17.0 Å². The molecule has 0 atom stereocenters. The van der Waals surface area contributed by atoms with Crippen molar-refractivity contribution in [2.45, 2.75) is 52.6 Å². The topological polar surface area (TPSA) is 135 Å². The number of aromatic nitrogens is 5. The lowest BCUT2D eigenvalue weighted by atomic mass is 10.1. The molecule has 1 aliphatic carbocycles. The first-order chi connectivity index (χ1) is 16.8. The molecular weight excluding hydrogens is 450 g/mol. The summed E-state index contributed by atoms with van der Waals surface area (Å²) in [6.45, 7) is 6.49. The maximum absolute atomic E-state index is 13.2. The van der Waals surface area contributed by atoms with E-state index in [0.717, 1.165) is 22.9 Å². The summed E-state index contributed by atoms with van der Waals surface area (Å²) in [5.41, 5.74) is 1.22. The van der Waals surface area contributed by atoms with Crippen LogP contribution in [-0.2, 0) is 17.8 Å². The molecule has 0 unspecified atom stereocenters. The standard InChI is InChI=1S/C24H27N7O4/c1-13(2)11-30-22-17(6-7-18(32)29-9-8-15-10-25-12-26-20(15)29)14(3)28-31(22)24(35)19(23(30)34)21(33)27-16-4-5-16/h6-7,10,12-13,16,34H,4-5,8-9,11H2,1-3H3,(H,27,33)/b7-6+. The van der Waals surface area contributed by atoms with Crippen molar-refractivity contribution in [1.82, 2.24) is 29.5 Å². The number of hydrogen-bond acceptors (Lipinski definition) is 7. The molecule has 3 aromatic rings. The largest absolute Gasteiger partial charge is 0.494 e. The molecule has 2 amide bonds. The lowest BCUT2D eigenvalue weighted by Gasteiger charge is -2.17. The van der Waals surface area contributed by atoms with Crippen molar-refractivity contribution in [1.29, 1.82) is 0 Å². The maximum atomic E-state index is 13.2. The molecule has 0 spiro atoms. The molecule has 11 nitrogen and oxygen atoms in total. The van der Waals surface area contributed by atoms with Crippen molar-refractivity contribution in [2.24, 2.45) is 5.92 Å². The highest BCUT2D eigenvalue weighted by Crippen LogP contribution is 2.27. The van der Waals surface area contributed by atoms with Crippen LogP contribution in [0.4, 0.5) is 5.82 Å². The zero-order valence-electron chi connectivity index (χ0n) is 19.9. The molecule has 0 saturated heterocycles. The minimum absolute atomic E-state index is 0.0281. The van der Waals surface area contributed by atoms with Crippen molar-refractivity contribution in [2.75, 3.05) is 11.4 Å². The fraction of sp³-hybridized carbons (Fsp3) is 0.417. The zero-order valence-corrected chi connectivity index (χ0v) is 19.9. The second-order valence-electron chi connectivity index (χ2n) is 9.44. The molecule has 5 rings (SSSR count). The van der Waals surface area contributed by atoms with E-state index in [1.54, 1.807) is 24.1 Å². The van der Waals surface area contributed by atoms with Gasteiger partial charge in [-0.3, -0.25) is 23.9 Å². The minimum atomic E-state index is -0.699. The van der Waals surface area contributed by atoms with Gasteiger partial charge in [0.05, 0.1) is 5.69 Å². The zero-order chi connectivity index (χ0) is 24.9. The van der Waals surface area contributed by atoms with Gasteiger partial charge in [0.2, 0.25) is 5.88 Å². The Hall–Kier alpha value is -4.02. The van der Waals surface area contributed by atoms with Gasteiger partial charge < -0.3 is 10.4 Å². The third-order valence-electron chi connectivity index (χ3n) is 6.19. The first kappa shape index (κ1) is 22.8. The van der Waals surface area contributed by atoms with Crippen LogP contribution in [0.25, 0.3) is 11.7 Å². The molecule has 4 heterocycles. The van der Waals surface area contributed by atoms with Crippen LogP contribution in [0.1, 0.15) is 53.9 Å². The molecule has 2 N–H and O–H groups in total. The molecule has 0 radical (unpaired) electrons. The van der Waals surface area contributed by atoms with E-state index >= 15 is 0 Å². The van der Waals surface area contributed by atoms with Gasteiger partial charge in [0.15, 0.2) is 5.56 Å². The lowest BCUT2D eigenvalue weighted by molar-refractivity contribution is -0.114. The Morgan fingerprint density at radius 1 is 1.31 bits per heavy atom. The fourth-order valence-corrected chi connectivity index (χ4v) is 4.35. The average molecular weight is 478 g/mol. The minimum Gasteiger partial charge on any atom is -0.494 e. The summed E-state index contributed by atoms with van der Waals surface area (Å²) < 4.78 is 2.66. The van der Waals surface area contributed by atoms with Gasteiger partial charge in [-0.25, -0.2) is 9.97 Å². The molecule has 1 aliphatic heterocycles. The molecule has 3 aromatic heterocycles. The number of nitrogens with one attached hydrogen (secondary N) is 1. The highest BCUT2D eigenvalue weighted by Gasteiger charge is 2.30. The quantitative estimate of drug-likeness (QED) is 0.513. The summed E-state index contributed by atoms with van der Waals surface area (Å²) in [7, 11) is 0. The second-order valence-corrected chi connectivity index (χ2v) is 9.44. The predicted molar refractivity (Wildman–Crippen MR) is 128 cm³/mol. The third kappa shape index (κ3) is 4.07. The summed E-state index contributed by atoms with van der Waals surface area (Å²) in [4.78, 5) is 48.8. The molecular formula is C24H27N7O4. The summed E-state index contributed by atoms with van der Waals surface area (Å²) >= 11 is 0. The number of nitrogens with zero attached hydrogens (tertiary/aromatic N) is 6. The van der Waals surface area contributed by atoms with Crippen LogP contribution in [-0.4, -0.2) is 53.7 Å². The number of carbonyl (C=O) groups is 2. The van der Waals surface area contributed by atoms with Crippen LogP contribution in [0.5, 0.6) is 5.88 Å². The number of aromatic hydroxyl groups is 1. The van der Waals surface area contributed by atoms with Gasteiger partial charge in [-0.15, -0.1) is 0 Å². The van der Waals surface area contributed by atoms with E-state index in [4.69, 9.17) is 0 Å². The predicted octanol–water partition coefficient (Wildman–Crippen LogP) is 1.45. The monoisotopic (exact) mass is 477 g/mol. The fourth-order valence-electron chi connectivity index (χ4n) is 4.35. The summed E-state index contributed by atoms with van der Waals surface area (Å²) in [6.07, 6.45) is 8.51. The van der Waals surface area contributed by atoms with E-state index < -0.39 is 17.3 Å². The number of anilines is 1. The van der Waals surface area contributed by atoms with E-state index in [-0.39, 0.29) is 23.4 Å². The Labute approximate surface area is 201 Å². The molecule has 2 aliphatic rings. The van der Waals surface area contributed by atoms with Crippen LogP contribution in [0.2, 0.25) is 0 Å². The Morgan fingerprint density at radius 3 is 2.80 bits per heavy atom. The first-order valence-electron chi connectivity index (χ1n) is 11.7. The average Bonchev–Trinajstić information content (AvgIpc) is 3.41. The summed E-state index contributed by atoms with van der Waals surface area (Å²) in [5, 5.41) is 18.2. The van der Waals surface area contributed by atoms with Crippen molar-refractivity contribution in [3.63, 3.8) is 0 Å². The summed E-state index contributed by atoms with van der Waals surface area (Å²) in [5.74, 6) is -0.582. The maximum Gasteiger partial charge on any atom is 0.291 e. The van der Waals surface area contributed by atoms with Crippen LogP contribution in [0.15, 0.2) is 23.4 Å². The van der Waals surface area contributed by atoms with E-state index in [1.807, 2.05) is 13.8 Å². The molecule has 182 valence electrons. The van der Waals surface area contributed by atoms with Crippen LogP contribution < -0.4 is 15.8 Å². The molecule has 1 saturated carbocycles. The highest BCUT2D eigenvalue weighted by molar-refractivity contribution is 6.05. The Bertz CT molecular complexity index is 1430. The van der Waals surface area contributed by atoms with E-state index in [0.29, 0.717) is 42.2 Å². The Balaban J connectivity index is 1.58. The van der Waals surface area contributed by atoms with Crippen LogP contribution in [0.3, 0.4) is 0 Å². The van der Waals surface area contributed by atoms with E-state index in [2.05, 4.69) is 20.4 Å². The Morgan fingerprint density at radius 2 is 2.09 bits per heavy atom. The van der Waals surface area contributed by atoms with E-state index in [9.17, 15) is 19.5 Å². The van der Waals surface area contributed by atoms with Crippen molar-refractivity contribution in [3.8, 4) is 5.88 Å². The van der Waals surface area contributed by atoms with Crippen molar-refractivity contribution in [3.05, 3.63) is 51.3 Å². The molecule has 0 bridgehead atoms. The van der Waals surface area contributed by atoms with Crippen molar-refractivity contribution < 1.29 is 14.7 Å². The van der Waals surface area contributed by atoms with Gasteiger partial charge >= 0.3 is 0 Å². The van der Waals surface area contributed by atoms with Gasteiger partial charge in [-0.05, 0) is 38.2 Å². The number of fused-ring (bicyclic) bond motifs is 2. The molecule has 0 aromatic carbocycles. The molecule has 35 heavy (non-hydrogen) atoms. The van der Waals surface area contributed by atoms with Crippen LogP contribution >= 0.6 is 0 Å². The van der Waals surface area contributed by atoms with Crippen LogP contribution in [0, 0.1) is 12.8 Å². The van der Waals surface area contributed by atoms with Gasteiger partial charge in [0.25, 0.3) is 17.4 Å². The second kappa shape index (κ2) is 8.64. The first-order valence-corrected chi connectivity index (χ1v) is 11.7. The smallest absolute Gasteiger partial charge is 0.291 e. The van der Waals surface area contributed by atoms with Crippen molar-refractivity contribution >= 4 is 29.4 Å². The lowest BCUT2D eigenvalue weighted by Crippen LogP contribution is -2.34.